The molecule has 2 aromatic rings. The van der Waals surface area contributed by atoms with Crippen LogP contribution in [-0.2, 0) is 4.79 Å². The van der Waals surface area contributed by atoms with Gasteiger partial charge in [0.25, 0.3) is 0 Å². The highest BCUT2D eigenvalue weighted by molar-refractivity contribution is 6.30. The lowest BCUT2D eigenvalue weighted by atomic mass is 10.0. The molecule has 1 unspecified atom stereocenters. The molecule has 7 heteroatoms. The summed E-state index contributed by atoms with van der Waals surface area (Å²) in [5, 5.41) is 1.12. The van der Waals surface area contributed by atoms with E-state index in [0.717, 1.165) is 37.4 Å². The molecule has 24 heavy (non-hydrogen) atoms. The predicted molar refractivity (Wildman–Crippen MR) is 96.4 cm³/mol. The molecule has 3 rings (SSSR count). The predicted octanol–water partition coefficient (Wildman–Crippen LogP) is 2.74. The van der Waals surface area contributed by atoms with E-state index in [9.17, 15) is 4.79 Å². The third-order valence-electron chi connectivity index (χ3n) is 4.21. The molecule has 0 bridgehead atoms. The zero-order valence-corrected chi connectivity index (χ0v) is 14.5. The maximum atomic E-state index is 12.0. The molecule has 0 aliphatic carbocycles. The topological polar surface area (TPSA) is 62.5 Å². The van der Waals surface area contributed by atoms with E-state index in [1.807, 2.05) is 24.3 Å². The van der Waals surface area contributed by atoms with Gasteiger partial charge in [-0.15, -0.1) is 0 Å². The van der Waals surface area contributed by atoms with Gasteiger partial charge in [0.1, 0.15) is 11.2 Å². The summed E-state index contributed by atoms with van der Waals surface area (Å²) in [6, 6.07) is 10.6. The molecular weight excluding hydrogens is 347 g/mol. The Morgan fingerprint density at radius 2 is 1.75 bits per heavy atom. The van der Waals surface area contributed by atoms with Crippen LogP contribution in [0.2, 0.25) is 10.2 Å². The van der Waals surface area contributed by atoms with Crippen molar-refractivity contribution in [1.29, 1.82) is 0 Å². The van der Waals surface area contributed by atoms with Gasteiger partial charge >= 0.3 is 0 Å². The van der Waals surface area contributed by atoms with Gasteiger partial charge in [-0.2, -0.15) is 0 Å². The molecule has 1 aliphatic rings. The first-order valence-corrected chi connectivity index (χ1v) is 8.45. The molecule has 1 amide bonds. The van der Waals surface area contributed by atoms with Crippen LogP contribution in [0.5, 0.6) is 0 Å². The second-order valence-corrected chi connectivity index (χ2v) is 6.54. The summed E-state index contributed by atoms with van der Waals surface area (Å²) in [5.41, 5.74) is 7.56. The number of carbonyl (C=O) groups is 1. The van der Waals surface area contributed by atoms with Crippen LogP contribution in [0, 0.1) is 0 Å². The Kier molecular flexibility index (Phi) is 5.23. The Morgan fingerprint density at radius 3 is 2.33 bits per heavy atom. The fourth-order valence-corrected chi connectivity index (χ4v) is 3.32. The van der Waals surface area contributed by atoms with E-state index in [1.165, 1.54) is 0 Å². The van der Waals surface area contributed by atoms with E-state index in [1.54, 1.807) is 18.3 Å². The van der Waals surface area contributed by atoms with E-state index in [2.05, 4.69) is 14.8 Å². The molecule has 1 fully saturated rings. The zero-order chi connectivity index (χ0) is 17.1. The number of halogens is 2. The largest absolute Gasteiger partial charge is 0.369 e. The van der Waals surface area contributed by atoms with Gasteiger partial charge in [-0.25, -0.2) is 4.98 Å². The van der Waals surface area contributed by atoms with Gasteiger partial charge in [-0.1, -0.05) is 35.3 Å². The number of anilines is 1. The molecule has 1 atom stereocenters. The highest BCUT2D eigenvalue weighted by Gasteiger charge is 2.29. The number of hydrogen-bond acceptors (Lipinski definition) is 4. The molecule has 0 spiro atoms. The molecule has 0 radical (unpaired) electrons. The Balaban J connectivity index is 1.72. The number of rotatable bonds is 4. The fraction of sp³-hybridized carbons (Fsp3) is 0.294. The monoisotopic (exact) mass is 364 g/mol. The first-order chi connectivity index (χ1) is 11.5. The number of primary amides is 1. The summed E-state index contributed by atoms with van der Waals surface area (Å²) in [5.74, 6) is -0.349. The lowest BCUT2D eigenvalue weighted by Gasteiger charge is -2.39. The van der Waals surface area contributed by atoms with Gasteiger partial charge in [0, 0.05) is 43.1 Å². The Hall–Kier alpha value is -1.82. The van der Waals surface area contributed by atoms with Crippen molar-refractivity contribution >= 4 is 34.8 Å². The standard InChI is InChI=1S/C17H18Cl2N4O/c18-13-3-1-12(2-4-13)16(17(20)24)23-9-7-22(8-10-23)14-5-6-21-15(19)11-14/h1-6,11,16H,7-10H2,(H2,20,24). The normalized spacial score (nSPS) is 16.8. The highest BCUT2D eigenvalue weighted by atomic mass is 35.5. The van der Waals surface area contributed by atoms with Crippen LogP contribution in [-0.4, -0.2) is 42.0 Å². The second-order valence-electron chi connectivity index (χ2n) is 5.72. The number of nitrogens with two attached hydrogens (primary N) is 1. The van der Waals surface area contributed by atoms with Gasteiger partial charge in [-0.3, -0.25) is 9.69 Å². The summed E-state index contributed by atoms with van der Waals surface area (Å²) in [6.07, 6.45) is 1.70. The van der Waals surface area contributed by atoms with E-state index in [4.69, 9.17) is 28.9 Å². The molecule has 1 aromatic carbocycles. The van der Waals surface area contributed by atoms with E-state index < -0.39 is 6.04 Å². The fourth-order valence-electron chi connectivity index (χ4n) is 3.03. The lowest BCUT2D eigenvalue weighted by molar-refractivity contribution is -0.123. The molecule has 5 nitrogen and oxygen atoms in total. The smallest absolute Gasteiger partial charge is 0.239 e. The highest BCUT2D eigenvalue weighted by Crippen LogP contribution is 2.25. The van der Waals surface area contributed by atoms with Crippen LogP contribution in [0.25, 0.3) is 0 Å². The molecule has 126 valence electrons. The van der Waals surface area contributed by atoms with Crippen LogP contribution in [0.1, 0.15) is 11.6 Å². The van der Waals surface area contributed by atoms with Crippen LogP contribution in [0.15, 0.2) is 42.6 Å². The molecule has 0 saturated carbocycles. The summed E-state index contributed by atoms with van der Waals surface area (Å²) in [6.45, 7) is 3.04. The van der Waals surface area contributed by atoms with Crippen molar-refractivity contribution in [2.75, 3.05) is 31.1 Å². The SMILES string of the molecule is NC(=O)C(c1ccc(Cl)cc1)N1CCN(c2ccnc(Cl)c2)CC1. The maximum absolute atomic E-state index is 12.0. The molecular formula is C17H18Cl2N4O. The number of nitrogens with zero attached hydrogens (tertiary/aromatic N) is 3. The van der Waals surface area contributed by atoms with Crippen molar-refractivity contribution in [3.63, 3.8) is 0 Å². The average Bonchev–Trinajstić information content (AvgIpc) is 2.57. The van der Waals surface area contributed by atoms with Crippen LogP contribution >= 0.6 is 23.2 Å². The zero-order valence-electron chi connectivity index (χ0n) is 13.0. The molecule has 1 aliphatic heterocycles. The van der Waals surface area contributed by atoms with Crippen molar-refractivity contribution in [3.05, 3.63) is 58.3 Å². The minimum Gasteiger partial charge on any atom is -0.369 e. The molecule has 1 saturated heterocycles. The Bertz CT molecular complexity index is 715. The van der Waals surface area contributed by atoms with Gasteiger partial charge in [-0.05, 0) is 29.8 Å². The van der Waals surface area contributed by atoms with Crippen molar-refractivity contribution in [3.8, 4) is 0 Å². The van der Waals surface area contributed by atoms with Crippen molar-refractivity contribution in [2.24, 2.45) is 5.73 Å². The van der Waals surface area contributed by atoms with Gasteiger partial charge in [0.05, 0.1) is 0 Å². The third-order valence-corrected chi connectivity index (χ3v) is 4.67. The summed E-state index contributed by atoms with van der Waals surface area (Å²) in [7, 11) is 0. The van der Waals surface area contributed by atoms with Gasteiger partial charge < -0.3 is 10.6 Å². The quantitative estimate of drug-likeness (QED) is 0.847. The summed E-state index contributed by atoms with van der Waals surface area (Å²) < 4.78 is 0. The first kappa shape index (κ1) is 17.0. The van der Waals surface area contributed by atoms with Crippen molar-refractivity contribution < 1.29 is 4.79 Å². The number of hydrogen-bond donors (Lipinski definition) is 1. The number of benzene rings is 1. The number of pyridine rings is 1. The summed E-state index contributed by atoms with van der Waals surface area (Å²) in [4.78, 5) is 20.3. The van der Waals surface area contributed by atoms with Crippen molar-refractivity contribution in [2.45, 2.75) is 6.04 Å². The molecule has 2 heterocycles. The second kappa shape index (κ2) is 7.38. The number of carbonyl (C=O) groups excluding carboxylic acids is 1. The number of amides is 1. The first-order valence-electron chi connectivity index (χ1n) is 7.70. The number of piperazine rings is 1. The van der Waals surface area contributed by atoms with Gasteiger partial charge in [0.15, 0.2) is 0 Å². The molecule has 1 aromatic heterocycles. The Morgan fingerprint density at radius 1 is 1.08 bits per heavy atom. The van der Waals surface area contributed by atoms with E-state index in [-0.39, 0.29) is 5.91 Å². The van der Waals surface area contributed by atoms with Crippen molar-refractivity contribution in [1.82, 2.24) is 9.88 Å². The van der Waals surface area contributed by atoms with E-state index in [0.29, 0.717) is 10.2 Å². The molecule has 2 N–H and O–H groups in total. The third kappa shape index (κ3) is 3.80. The lowest BCUT2D eigenvalue weighted by Crippen LogP contribution is -2.50. The number of aromatic nitrogens is 1. The maximum Gasteiger partial charge on any atom is 0.239 e. The summed E-state index contributed by atoms with van der Waals surface area (Å²) >= 11 is 11.9. The Labute approximate surface area is 151 Å². The van der Waals surface area contributed by atoms with Crippen LogP contribution < -0.4 is 10.6 Å². The minimum atomic E-state index is -0.439. The minimum absolute atomic E-state index is 0.349. The van der Waals surface area contributed by atoms with Gasteiger partial charge in [0.2, 0.25) is 5.91 Å². The average molecular weight is 365 g/mol. The van der Waals surface area contributed by atoms with E-state index >= 15 is 0 Å². The van der Waals surface area contributed by atoms with Crippen LogP contribution in [0.4, 0.5) is 5.69 Å². The van der Waals surface area contributed by atoms with Crippen LogP contribution in [0.3, 0.4) is 0 Å².